The molecule has 1 aliphatic rings. The van der Waals surface area contributed by atoms with Crippen LogP contribution in [0.2, 0.25) is 0 Å². The quantitative estimate of drug-likeness (QED) is 0.636. The van der Waals surface area contributed by atoms with Crippen molar-refractivity contribution in [1.29, 1.82) is 0 Å². The van der Waals surface area contributed by atoms with Crippen LogP contribution in [-0.2, 0) is 17.2 Å². The molecule has 0 spiro atoms. The van der Waals surface area contributed by atoms with Gasteiger partial charge < -0.3 is 9.64 Å². The molecule has 2 aromatic rings. The average molecular weight is 305 g/mol. The van der Waals surface area contributed by atoms with E-state index in [1.165, 1.54) is 0 Å². The highest BCUT2D eigenvalue weighted by Crippen LogP contribution is 2.43. The van der Waals surface area contributed by atoms with Gasteiger partial charge in [-0.05, 0) is 6.26 Å². The van der Waals surface area contributed by atoms with Crippen LogP contribution in [0.3, 0.4) is 0 Å². The van der Waals surface area contributed by atoms with E-state index < -0.39 is 0 Å². The number of rotatable bonds is 4. The summed E-state index contributed by atoms with van der Waals surface area (Å²) in [5.74, 6) is 1.84. The van der Waals surface area contributed by atoms with Crippen LogP contribution in [0.25, 0.3) is 0 Å². The van der Waals surface area contributed by atoms with Gasteiger partial charge in [0.1, 0.15) is 5.82 Å². The Labute approximate surface area is 128 Å². The van der Waals surface area contributed by atoms with Gasteiger partial charge in [0.25, 0.3) is 0 Å². The first-order chi connectivity index (χ1) is 10.1. The highest BCUT2D eigenvalue weighted by atomic mass is 32.2. The van der Waals surface area contributed by atoms with Gasteiger partial charge >= 0.3 is 0 Å². The van der Waals surface area contributed by atoms with Crippen molar-refractivity contribution in [3.8, 4) is 0 Å². The summed E-state index contributed by atoms with van der Waals surface area (Å²) in [6.07, 6.45) is 5.85. The van der Waals surface area contributed by atoms with Crippen LogP contribution in [0.4, 0.5) is 11.6 Å². The van der Waals surface area contributed by atoms with Crippen LogP contribution in [0, 0.1) is 0 Å². The van der Waals surface area contributed by atoms with Crippen molar-refractivity contribution in [1.82, 2.24) is 19.7 Å². The van der Waals surface area contributed by atoms with Crippen LogP contribution in [0.15, 0.2) is 23.6 Å². The molecule has 0 bridgehead atoms. The number of anilines is 2. The molecule has 6 nitrogen and oxygen atoms in total. The van der Waals surface area contributed by atoms with Gasteiger partial charge in [-0.15, -0.1) is 0 Å². The monoisotopic (exact) mass is 305 g/mol. The zero-order chi connectivity index (χ0) is 15.0. The lowest BCUT2D eigenvalue weighted by molar-refractivity contribution is 0.145. The van der Waals surface area contributed by atoms with Gasteiger partial charge in [-0.2, -0.15) is 5.10 Å². The van der Waals surface area contributed by atoms with Gasteiger partial charge in [0, 0.05) is 50.1 Å². The third kappa shape index (κ3) is 2.40. The summed E-state index contributed by atoms with van der Waals surface area (Å²) < 4.78 is 7.22. The van der Waals surface area contributed by atoms with E-state index in [1.54, 1.807) is 23.6 Å². The van der Waals surface area contributed by atoms with E-state index in [2.05, 4.69) is 26.9 Å². The number of hydrogen-bond donors (Lipinski definition) is 0. The summed E-state index contributed by atoms with van der Waals surface area (Å²) in [6.45, 7) is 3.60. The molecule has 1 unspecified atom stereocenters. The van der Waals surface area contributed by atoms with Crippen LogP contribution < -0.4 is 4.90 Å². The Morgan fingerprint density at radius 2 is 2.29 bits per heavy atom. The number of methoxy groups -OCH3 is 1. The molecule has 0 fully saturated rings. The zero-order valence-electron chi connectivity index (χ0n) is 12.7. The van der Waals surface area contributed by atoms with Crippen LogP contribution in [-0.4, -0.2) is 46.3 Å². The van der Waals surface area contributed by atoms with E-state index in [0.29, 0.717) is 6.61 Å². The Hall–Kier alpha value is -1.60. The van der Waals surface area contributed by atoms with Crippen molar-refractivity contribution in [3.63, 3.8) is 0 Å². The molecule has 21 heavy (non-hydrogen) atoms. The first-order valence-corrected chi connectivity index (χ1v) is 7.97. The van der Waals surface area contributed by atoms with Crippen LogP contribution in [0.5, 0.6) is 0 Å². The molecule has 1 atom stereocenters. The number of nitrogens with zero attached hydrogens (tertiary/aromatic N) is 5. The minimum absolute atomic E-state index is 0.126. The van der Waals surface area contributed by atoms with Gasteiger partial charge in [0.2, 0.25) is 0 Å². The molecule has 3 heterocycles. The SMILES string of the molecule is COCC1(C)CN(c2ccn(C)n2)c2nc(SC)ncc21. The second-order valence-corrected chi connectivity index (χ2v) is 6.29. The Kier molecular flexibility index (Phi) is 3.62. The van der Waals surface area contributed by atoms with Gasteiger partial charge in [0.05, 0.1) is 6.61 Å². The largest absolute Gasteiger partial charge is 0.384 e. The lowest BCUT2D eigenvalue weighted by atomic mass is 9.87. The van der Waals surface area contributed by atoms with E-state index in [1.807, 2.05) is 31.8 Å². The second kappa shape index (κ2) is 5.31. The highest BCUT2D eigenvalue weighted by Gasteiger charge is 2.42. The Balaban J connectivity index is 2.09. The number of aromatic nitrogens is 4. The lowest BCUT2D eigenvalue weighted by Crippen LogP contribution is -2.33. The first-order valence-electron chi connectivity index (χ1n) is 6.75. The normalized spacial score (nSPS) is 20.9. The molecule has 0 saturated carbocycles. The second-order valence-electron chi connectivity index (χ2n) is 5.52. The van der Waals surface area contributed by atoms with E-state index >= 15 is 0 Å². The third-order valence-corrected chi connectivity index (χ3v) is 4.34. The number of ether oxygens (including phenoxy) is 1. The van der Waals surface area contributed by atoms with Gasteiger partial charge in [-0.3, -0.25) is 4.68 Å². The van der Waals surface area contributed by atoms with Crippen molar-refractivity contribution in [2.45, 2.75) is 17.5 Å². The minimum atomic E-state index is -0.126. The van der Waals surface area contributed by atoms with Crippen LogP contribution in [0.1, 0.15) is 12.5 Å². The van der Waals surface area contributed by atoms with Crippen molar-refractivity contribution >= 4 is 23.4 Å². The first kappa shape index (κ1) is 14.3. The predicted octanol–water partition coefficient (Wildman–Crippen LogP) is 1.99. The molecule has 2 aromatic heterocycles. The molecular formula is C14H19N5OS. The van der Waals surface area contributed by atoms with E-state index in [9.17, 15) is 0 Å². The summed E-state index contributed by atoms with van der Waals surface area (Å²) >= 11 is 1.54. The fourth-order valence-corrected chi connectivity index (χ4v) is 3.11. The van der Waals surface area contributed by atoms with Gasteiger partial charge in [0.15, 0.2) is 11.0 Å². The maximum absolute atomic E-state index is 5.42. The average Bonchev–Trinajstić information content (AvgIpc) is 3.01. The third-order valence-electron chi connectivity index (χ3n) is 3.78. The van der Waals surface area contributed by atoms with E-state index in [4.69, 9.17) is 4.74 Å². The molecule has 0 saturated heterocycles. The maximum Gasteiger partial charge on any atom is 0.189 e. The van der Waals surface area contributed by atoms with E-state index in [-0.39, 0.29) is 5.41 Å². The van der Waals surface area contributed by atoms with Crippen molar-refractivity contribution in [3.05, 3.63) is 24.0 Å². The molecule has 0 aliphatic carbocycles. The standard InChI is InChI=1S/C14H19N5OS/c1-14(9-20-3)8-19(11-5-6-18(2)17-11)12-10(14)7-15-13(16-12)21-4/h5-7H,8-9H2,1-4H3. The summed E-state index contributed by atoms with van der Waals surface area (Å²) in [4.78, 5) is 11.3. The fourth-order valence-electron chi connectivity index (χ4n) is 2.77. The Morgan fingerprint density at radius 1 is 1.48 bits per heavy atom. The summed E-state index contributed by atoms with van der Waals surface area (Å²) in [5, 5.41) is 5.28. The highest BCUT2D eigenvalue weighted by molar-refractivity contribution is 7.98. The minimum Gasteiger partial charge on any atom is -0.384 e. The molecule has 1 aliphatic heterocycles. The molecule has 0 amide bonds. The smallest absolute Gasteiger partial charge is 0.189 e. The summed E-state index contributed by atoms with van der Waals surface area (Å²) in [5.41, 5.74) is 0.992. The molecule has 0 radical (unpaired) electrons. The number of aryl methyl sites for hydroxylation is 1. The van der Waals surface area contributed by atoms with Crippen LogP contribution >= 0.6 is 11.8 Å². The topological polar surface area (TPSA) is 56.1 Å². The number of thioether (sulfide) groups is 1. The lowest BCUT2D eigenvalue weighted by Gasteiger charge is -2.23. The summed E-state index contributed by atoms with van der Waals surface area (Å²) in [6, 6.07) is 2.00. The number of hydrogen-bond acceptors (Lipinski definition) is 6. The van der Waals surface area contributed by atoms with E-state index in [0.717, 1.165) is 28.9 Å². The molecule has 3 rings (SSSR count). The fraction of sp³-hybridized carbons (Fsp3) is 0.500. The Bertz CT molecular complexity index is 659. The molecule has 0 aromatic carbocycles. The molecule has 112 valence electrons. The molecule has 0 N–H and O–H groups in total. The van der Waals surface area contributed by atoms with Crippen molar-refractivity contribution in [2.24, 2.45) is 7.05 Å². The summed E-state index contributed by atoms with van der Waals surface area (Å²) in [7, 11) is 3.65. The van der Waals surface area contributed by atoms with Gasteiger partial charge in [-0.1, -0.05) is 18.7 Å². The van der Waals surface area contributed by atoms with Crippen molar-refractivity contribution < 1.29 is 4.74 Å². The van der Waals surface area contributed by atoms with Gasteiger partial charge in [-0.25, -0.2) is 9.97 Å². The van der Waals surface area contributed by atoms with Crippen molar-refractivity contribution in [2.75, 3.05) is 31.4 Å². The maximum atomic E-state index is 5.42. The number of fused-ring (bicyclic) bond motifs is 1. The molecule has 7 heteroatoms. The zero-order valence-corrected chi connectivity index (χ0v) is 13.5. The molecular weight excluding hydrogens is 286 g/mol. The predicted molar refractivity (Wildman–Crippen MR) is 83.3 cm³/mol. The Morgan fingerprint density at radius 3 is 2.90 bits per heavy atom.